The summed E-state index contributed by atoms with van der Waals surface area (Å²) in [6.07, 6.45) is 3.59. The molecule has 0 saturated carbocycles. The van der Waals surface area contributed by atoms with Crippen molar-refractivity contribution in [3.63, 3.8) is 0 Å². The van der Waals surface area contributed by atoms with Gasteiger partial charge >= 0.3 is 0 Å². The number of nitrogens with zero attached hydrogens (tertiary/aromatic N) is 1. The quantitative estimate of drug-likeness (QED) is 0.320. The van der Waals surface area contributed by atoms with Crippen LogP contribution in [0.25, 0.3) is 10.8 Å². The van der Waals surface area contributed by atoms with E-state index in [-0.39, 0.29) is 24.3 Å². The summed E-state index contributed by atoms with van der Waals surface area (Å²) < 4.78 is -1.09. The molecule has 2 unspecified atom stereocenters. The number of para-hydroxylation sites is 1. The number of hydrogen-bond donors (Lipinski definition) is 3. The van der Waals surface area contributed by atoms with Crippen molar-refractivity contribution in [1.29, 1.82) is 0 Å². The summed E-state index contributed by atoms with van der Waals surface area (Å²) in [6.45, 7) is 2.61. The standard InChI is InChI=1S/C32H35N3O4S/c1-31-16-17-32(40-31)26(25(31)28(37)33-23-12-4-2-5-13-23)30(39)35(18-8-3-9-19-36)27(32)29(38)34-24-15-14-21-10-6-7-11-22(21)20-24/h2,4-7,10-15,20,25-27,36H,3,8-9,16-19H2,1H3,(H,33,37)(H,34,38)/t25-,26+,27?,31+,32?/m1/s1. The molecule has 0 radical (unpaired) electrons. The number of nitrogens with one attached hydrogen (secondary N) is 2. The number of benzene rings is 3. The number of hydrogen-bond acceptors (Lipinski definition) is 5. The molecule has 0 aliphatic carbocycles. The molecule has 5 atom stereocenters. The molecule has 40 heavy (non-hydrogen) atoms. The van der Waals surface area contributed by atoms with Gasteiger partial charge in [-0.1, -0.05) is 48.5 Å². The Morgan fingerprint density at radius 2 is 1.62 bits per heavy atom. The van der Waals surface area contributed by atoms with Crippen LogP contribution in [0.2, 0.25) is 0 Å². The van der Waals surface area contributed by atoms with Gasteiger partial charge in [0, 0.05) is 29.3 Å². The van der Waals surface area contributed by atoms with E-state index in [1.165, 1.54) is 0 Å². The molecule has 6 rings (SSSR count). The molecular formula is C32H35N3O4S. The first-order valence-corrected chi connectivity index (χ1v) is 14.9. The predicted octanol–water partition coefficient (Wildman–Crippen LogP) is 5.06. The van der Waals surface area contributed by atoms with Gasteiger partial charge < -0.3 is 20.6 Å². The van der Waals surface area contributed by atoms with E-state index in [4.69, 9.17) is 0 Å². The minimum absolute atomic E-state index is 0.0995. The van der Waals surface area contributed by atoms with E-state index in [9.17, 15) is 19.5 Å². The minimum atomic E-state index is -0.674. The minimum Gasteiger partial charge on any atom is -0.396 e. The topological polar surface area (TPSA) is 98.7 Å². The van der Waals surface area contributed by atoms with Crippen molar-refractivity contribution in [3.8, 4) is 0 Å². The molecule has 3 saturated heterocycles. The molecule has 3 heterocycles. The van der Waals surface area contributed by atoms with E-state index < -0.39 is 27.4 Å². The lowest BCUT2D eigenvalue weighted by molar-refractivity contribution is -0.139. The Morgan fingerprint density at radius 3 is 2.40 bits per heavy atom. The van der Waals surface area contributed by atoms with Gasteiger partial charge in [0.2, 0.25) is 17.7 Å². The van der Waals surface area contributed by atoms with Gasteiger partial charge in [0.25, 0.3) is 0 Å². The van der Waals surface area contributed by atoms with Gasteiger partial charge in [-0.2, -0.15) is 0 Å². The SMILES string of the molecule is C[C@@]12CCC3(S1)C(C(=O)Nc1ccc4ccccc4c1)N(CCCCCO)C(=O)[C@@H]3[C@@H]2C(=O)Nc1ccccc1. The van der Waals surface area contributed by atoms with E-state index in [0.29, 0.717) is 37.2 Å². The summed E-state index contributed by atoms with van der Waals surface area (Å²) in [4.78, 5) is 43.8. The van der Waals surface area contributed by atoms with Crippen LogP contribution in [0.4, 0.5) is 11.4 Å². The highest BCUT2D eigenvalue weighted by Gasteiger charge is 2.77. The average Bonchev–Trinajstić information content (AvgIpc) is 3.52. The smallest absolute Gasteiger partial charge is 0.248 e. The second kappa shape index (κ2) is 10.6. The summed E-state index contributed by atoms with van der Waals surface area (Å²) in [7, 11) is 0. The molecule has 208 valence electrons. The third-order valence-electron chi connectivity index (χ3n) is 8.92. The van der Waals surface area contributed by atoms with Crippen LogP contribution >= 0.6 is 11.8 Å². The van der Waals surface area contributed by atoms with E-state index in [1.807, 2.05) is 72.8 Å². The fourth-order valence-corrected chi connectivity index (χ4v) is 9.51. The maximum absolute atomic E-state index is 14.2. The number of likely N-dealkylation sites (tertiary alicyclic amines) is 1. The van der Waals surface area contributed by atoms with Crippen molar-refractivity contribution in [2.75, 3.05) is 23.8 Å². The Kier molecular flexibility index (Phi) is 7.09. The molecule has 1 spiro atoms. The lowest BCUT2D eigenvalue weighted by Gasteiger charge is -2.34. The number of aliphatic hydroxyl groups excluding tert-OH is 1. The van der Waals surface area contributed by atoms with Crippen molar-refractivity contribution in [2.24, 2.45) is 11.8 Å². The molecule has 0 aromatic heterocycles. The largest absolute Gasteiger partial charge is 0.396 e. The number of rotatable bonds is 9. The van der Waals surface area contributed by atoms with Gasteiger partial charge in [0.05, 0.1) is 16.6 Å². The number of amides is 3. The van der Waals surface area contributed by atoms with Crippen LogP contribution in [-0.4, -0.2) is 56.4 Å². The van der Waals surface area contributed by atoms with Gasteiger partial charge in [0.1, 0.15) is 6.04 Å². The average molecular weight is 558 g/mol. The van der Waals surface area contributed by atoms with Gasteiger partial charge in [-0.15, -0.1) is 11.8 Å². The molecule has 7 nitrogen and oxygen atoms in total. The van der Waals surface area contributed by atoms with E-state index in [2.05, 4.69) is 17.6 Å². The maximum Gasteiger partial charge on any atom is 0.248 e. The van der Waals surface area contributed by atoms with Gasteiger partial charge in [0.15, 0.2) is 0 Å². The zero-order valence-corrected chi connectivity index (χ0v) is 23.5. The number of thioether (sulfide) groups is 1. The number of aliphatic hydroxyl groups is 1. The van der Waals surface area contributed by atoms with Crippen molar-refractivity contribution < 1.29 is 19.5 Å². The normalized spacial score (nSPS) is 28.6. The molecule has 8 heteroatoms. The van der Waals surface area contributed by atoms with Crippen LogP contribution in [0.15, 0.2) is 72.8 Å². The fraction of sp³-hybridized carbons (Fsp3) is 0.406. The zero-order valence-electron chi connectivity index (χ0n) is 22.6. The Labute approximate surface area is 238 Å². The number of carbonyl (C=O) groups is 3. The van der Waals surface area contributed by atoms with Crippen molar-refractivity contribution in [2.45, 2.75) is 54.6 Å². The first-order valence-electron chi connectivity index (χ1n) is 14.1. The first-order chi connectivity index (χ1) is 19.4. The summed E-state index contributed by atoms with van der Waals surface area (Å²) in [5.74, 6) is -1.56. The molecule has 3 aromatic carbocycles. The second-order valence-corrected chi connectivity index (χ2v) is 13.3. The molecule has 3 fully saturated rings. The highest BCUT2D eigenvalue weighted by Crippen LogP contribution is 2.71. The zero-order chi connectivity index (χ0) is 27.9. The summed E-state index contributed by atoms with van der Waals surface area (Å²) in [5, 5.41) is 17.6. The Morgan fingerprint density at radius 1 is 0.900 bits per heavy atom. The summed E-state index contributed by atoms with van der Waals surface area (Å²) >= 11 is 1.68. The number of carbonyl (C=O) groups excluding carboxylic acids is 3. The summed E-state index contributed by atoms with van der Waals surface area (Å²) in [5.41, 5.74) is 1.40. The molecule has 3 aromatic rings. The van der Waals surface area contributed by atoms with Gasteiger partial charge in [-0.25, -0.2) is 0 Å². The van der Waals surface area contributed by atoms with Crippen LogP contribution in [0.1, 0.15) is 39.0 Å². The molecule has 3 aliphatic rings. The lowest BCUT2D eigenvalue weighted by atomic mass is 9.66. The lowest BCUT2D eigenvalue weighted by Crippen LogP contribution is -2.51. The van der Waals surface area contributed by atoms with Gasteiger partial charge in [-0.05, 0) is 74.1 Å². The van der Waals surface area contributed by atoms with Crippen LogP contribution in [0, 0.1) is 11.8 Å². The summed E-state index contributed by atoms with van der Waals surface area (Å²) in [6, 6.07) is 22.5. The fourth-order valence-electron chi connectivity index (χ4n) is 7.16. The molecule has 3 N–H and O–H groups in total. The number of fused-ring (bicyclic) bond motifs is 2. The third kappa shape index (κ3) is 4.47. The maximum atomic E-state index is 14.2. The highest BCUT2D eigenvalue weighted by atomic mass is 32.2. The highest BCUT2D eigenvalue weighted by molar-refractivity contribution is 8.02. The molecule has 2 bridgehead atoms. The second-order valence-electron chi connectivity index (χ2n) is 11.4. The Hall–Kier alpha value is -3.36. The third-order valence-corrected chi connectivity index (χ3v) is 10.9. The number of unbranched alkanes of at least 4 members (excludes halogenated alkanes) is 2. The van der Waals surface area contributed by atoms with Crippen molar-refractivity contribution in [3.05, 3.63) is 72.8 Å². The monoisotopic (exact) mass is 557 g/mol. The van der Waals surface area contributed by atoms with Crippen molar-refractivity contribution >= 4 is 51.6 Å². The van der Waals surface area contributed by atoms with Crippen LogP contribution in [-0.2, 0) is 14.4 Å². The predicted molar refractivity (Wildman–Crippen MR) is 159 cm³/mol. The van der Waals surface area contributed by atoms with E-state index in [1.54, 1.807) is 16.7 Å². The molecule has 3 amide bonds. The van der Waals surface area contributed by atoms with Crippen molar-refractivity contribution in [1.82, 2.24) is 4.90 Å². The van der Waals surface area contributed by atoms with Crippen LogP contribution < -0.4 is 10.6 Å². The first kappa shape index (κ1) is 26.8. The van der Waals surface area contributed by atoms with Gasteiger partial charge in [-0.3, -0.25) is 14.4 Å². The molecule has 3 aliphatic heterocycles. The Balaban J connectivity index is 1.32. The Bertz CT molecular complexity index is 1450. The van der Waals surface area contributed by atoms with Crippen LogP contribution in [0.5, 0.6) is 0 Å². The van der Waals surface area contributed by atoms with Crippen LogP contribution in [0.3, 0.4) is 0 Å². The molecular weight excluding hydrogens is 522 g/mol. The number of anilines is 2. The van der Waals surface area contributed by atoms with E-state index >= 15 is 0 Å². The van der Waals surface area contributed by atoms with E-state index in [0.717, 1.165) is 23.6 Å².